The zero-order chi connectivity index (χ0) is 23.2. The van der Waals surface area contributed by atoms with Crippen LogP contribution in [0.1, 0.15) is 25.3 Å². The molecule has 170 valence electrons. The number of piperidine rings is 1. The predicted octanol–water partition coefficient (Wildman–Crippen LogP) is 3.57. The van der Waals surface area contributed by atoms with Gasteiger partial charge in [0.25, 0.3) is 0 Å². The summed E-state index contributed by atoms with van der Waals surface area (Å²) in [5, 5.41) is 5.89. The molecule has 1 aliphatic rings. The van der Waals surface area contributed by atoms with Crippen molar-refractivity contribution < 1.29 is 14.0 Å². The zero-order valence-corrected chi connectivity index (χ0v) is 18.4. The van der Waals surface area contributed by atoms with E-state index in [0.29, 0.717) is 23.7 Å². The topological polar surface area (TPSA) is 87.2 Å². The highest BCUT2D eigenvalue weighted by Gasteiger charge is 2.26. The van der Waals surface area contributed by atoms with Gasteiger partial charge in [-0.2, -0.15) is 0 Å². The Kier molecular flexibility index (Phi) is 6.92. The van der Waals surface area contributed by atoms with E-state index in [4.69, 9.17) is 0 Å². The van der Waals surface area contributed by atoms with Gasteiger partial charge in [-0.05, 0) is 36.1 Å². The fourth-order valence-electron chi connectivity index (χ4n) is 4.15. The number of carbonyl (C=O) groups is 2. The summed E-state index contributed by atoms with van der Waals surface area (Å²) in [6, 6.07) is 15.7. The van der Waals surface area contributed by atoms with Gasteiger partial charge in [-0.15, -0.1) is 0 Å². The van der Waals surface area contributed by atoms with Crippen LogP contribution in [0.15, 0.2) is 60.9 Å². The summed E-state index contributed by atoms with van der Waals surface area (Å²) in [6.45, 7) is 2.79. The molecule has 2 aromatic carbocycles. The average Bonchev–Trinajstić information content (AvgIpc) is 2.79. The number of rotatable bonds is 6. The number of hydrogen-bond acceptors (Lipinski definition) is 5. The Morgan fingerprint density at radius 3 is 2.70 bits per heavy atom. The minimum absolute atomic E-state index is 0.0670. The number of benzene rings is 2. The number of hydrogen-bond donors (Lipinski definition) is 2. The summed E-state index contributed by atoms with van der Waals surface area (Å²) in [5.74, 6) is 0.464. The highest BCUT2D eigenvalue weighted by atomic mass is 19.1. The second-order valence-electron chi connectivity index (χ2n) is 8.13. The molecule has 1 fully saturated rings. The fraction of sp³-hybridized carbons (Fsp3) is 0.280. The molecular formula is C25H26FN5O2. The molecule has 0 bridgehead atoms. The van der Waals surface area contributed by atoms with Crippen LogP contribution in [-0.2, 0) is 16.0 Å². The number of carbonyl (C=O) groups excluding carboxylic acids is 2. The van der Waals surface area contributed by atoms with Crippen LogP contribution in [0.4, 0.5) is 16.0 Å². The van der Waals surface area contributed by atoms with Gasteiger partial charge in [0.15, 0.2) is 0 Å². The van der Waals surface area contributed by atoms with E-state index in [-0.39, 0.29) is 30.1 Å². The number of aromatic nitrogens is 2. The number of nitrogens with one attached hydrogen (secondary N) is 2. The molecule has 7 nitrogen and oxygen atoms in total. The third-order valence-electron chi connectivity index (χ3n) is 5.52. The summed E-state index contributed by atoms with van der Waals surface area (Å²) in [5.41, 5.74) is 2.29. The van der Waals surface area contributed by atoms with E-state index in [1.165, 1.54) is 25.4 Å². The second kappa shape index (κ2) is 10.2. The van der Waals surface area contributed by atoms with E-state index in [0.717, 1.165) is 30.5 Å². The largest absolute Gasteiger partial charge is 0.354 e. The molecule has 2 N–H and O–H groups in total. The van der Waals surface area contributed by atoms with Gasteiger partial charge in [-0.3, -0.25) is 9.59 Å². The molecule has 1 saturated heterocycles. The van der Waals surface area contributed by atoms with Gasteiger partial charge in [-0.1, -0.05) is 42.5 Å². The van der Waals surface area contributed by atoms with Crippen LogP contribution >= 0.6 is 0 Å². The summed E-state index contributed by atoms with van der Waals surface area (Å²) in [7, 11) is 0. The van der Waals surface area contributed by atoms with Crippen LogP contribution in [0.2, 0.25) is 0 Å². The fourth-order valence-corrected chi connectivity index (χ4v) is 4.15. The van der Waals surface area contributed by atoms with E-state index in [2.05, 4.69) is 25.5 Å². The number of anilines is 2. The third kappa shape index (κ3) is 5.71. The predicted molar refractivity (Wildman–Crippen MR) is 125 cm³/mol. The zero-order valence-electron chi connectivity index (χ0n) is 18.4. The van der Waals surface area contributed by atoms with Crippen molar-refractivity contribution in [3.63, 3.8) is 0 Å². The van der Waals surface area contributed by atoms with Crippen LogP contribution in [0, 0.1) is 5.82 Å². The molecule has 2 amide bonds. The van der Waals surface area contributed by atoms with Crippen LogP contribution in [-0.4, -0.2) is 40.9 Å². The lowest BCUT2D eigenvalue weighted by Crippen LogP contribution is -2.48. The Balaban J connectivity index is 1.54. The molecule has 0 spiro atoms. The standard InChI is InChI=1S/C25H26FN5O2/c1-17(32)29-24-23(19-8-3-2-4-9-19)25(28-16-27-24)31-12-6-11-21(15-31)30-22(33)14-18-7-5-10-20(26)13-18/h2-5,7-10,13,16,21H,6,11-12,14-15H2,1H3,(H,30,33)(H,27,28,29,32). The van der Waals surface area contributed by atoms with Crippen LogP contribution in [0.5, 0.6) is 0 Å². The molecule has 2 heterocycles. The molecular weight excluding hydrogens is 421 g/mol. The Bertz CT molecular complexity index is 1140. The van der Waals surface area contributed by atoms with E-state index < -0.39 is 0 Å². The minimum atomic E-state index is -0.351. The normalized spacial score (nSPS) is 15.7. The third-order valence-corrected chi connectivity index (χ3v) is 5.52. The van der Waals surface area contributed by atoms with Crippen molar-refractivity contribution in [2.45, 2.75) is 32.2 Å². The summed E-state index contributed by atoms with van der Waals surface area (Å²) < 4.78 is 13.4. The van der Waals surface area contributed by atoms with Crippen molar-refractivity contribution in [2.75, 3.05) is 23.3 Å². The molecule has 1 unspecified atom stereocenters. The molecule has 4 rings (SSSR count). The van der Waals surface area contributed by atoms with Crippen molar-refractivity contribution in [1.29, 1.82) is 0 Å². The quantitative estimate of drug-likeness (QED) is 0.603. The Hall–Kier alpha value is -3.81. The lowest BCUT2D eigenvalue weighted by atomic mass is 10.0. The molecule has 3 aromatic rings. The molecule has 1 atom stereocenters. The van der Waals surface area contributed by atoms with Gasteiger partial charge in [0.05, 0.1) is 12.0 Å². The maximum atomic E-state index is 13.4. The van der Waals surface area contributed by atoms with Crippen LogP contribution in [0.25, 0.3) is 11.1 Å². The molecule has 8 heteroatoms. The van der Waals surface area contributed by atoms with Gasteiger partial charge in [0.2, 0.25) is 11.8 Å². The van der Waals surface area contributed by atoms with Crippen LogP contribution in [0.3, 0.4) is 0 Å². The minimum Gasteiger partial charge on any atom is -0.354 e. The Morgan fingerprint density at radius 1 is 1.12 bits per heavy atom. The van der Waals surface area contributed by atoms with E-state index in [9.17, 15) is 14.0 Å². The number of amides is 2. The summed E-state index contributed by atoms with van der Waals surface area (Å²) in [4.78, 5) is 35.3. The molecule has 0 aliphatic carbocycles. The van der Waals surface area contributed by atoms with E-state index in [1.54, 1.807) is 12.1 Å². The molecule has 0 saturated carbocycles. The average molecular weight is 448 g/mol. The Morgan fingerprint density at radius 2 is 1.94 bits per heavy atom. The van der Waals surface area contributed by atoms with Crippen molar-refractivity contribution in [2.24, 2.45) is 0 Å². The van der Waals surface area contributed by atoms with Gasteiger partial charge < -0.3 is 15.5 Å². The first-order valence-electron chi connectivity index (χ1n) is 11.0. The lowest BCUT2D eigenvalue weighted by Gasteiger charge is -2.35. The van der Waals surface area contributed by atoms with E-state index >= 15 is 0 Å². The van der Waals surface area contributed by atoms with Crippen molar-refractivity contribution in [1.82, 2.24) is 15.3 Å². The maximum Gasteiger partial charge on any atom is 0.224 e. The van der Waals surface area contributed by atoms with E-state index in [1.807, 2.05) is 30.3 Å². The monoisotopic (exact) mass is 447 g/mol. The number of halogens is 1. The van der Waals surface area contributed by atoms with Crippen molar-refractivity contribution in [3.05, 3.63) is 72.3 Å². The van der Waals surface area contributed by atoms with Crippen molar-refractivity contribution in [3.8, 4) is 11.1 Å². The first kappa shape index (κ1) is 22.4. The van der Waals surface area contributed by atoms with Crippen LogP contribution < -0.4 is 15.5 Å². The maximum absolute atomic E-state index is 13.4. The van der Waals surface area contributed by atoms with Gasteiger partial charge >= 0.3 is 0 Å². The van der Waals surface area contributed by atoms with Gasteiger partial charge in [0.1, 0.15) is 23.8 Å². The van der Waals surface area contributed by atoms with Gasteiger partial charge in [-0.25, -0.2) is 14.4 Å². The molecule has 1 aliphatic heterocycles. The second-order valence-corrected chi connectivity index (χ2v) is 8.13. The SMILES string of the molecule is CC(=O)Nc1ncnc(N2CCCC(NC(=O)Cc3cccc(F)c3)C2)c1-c1ccccc1. The smallest absolute Gasteiger partial charge is 0.224 e. The molecule has 0 radical (unpaired) electrons. The molecule has 33 heavy (non-hydrogen) atoms. The molecule has 1 aromatic heterocycles. The van der Waals surface area contributed by atoms with Gasteiger partial charge in [0, 0.05) is 26.1 Å². The lowest BCUT2D eigenvalue weighted by molar-refractivity contribution is -0.121. The summed E-state index contributed by atoms with van der Waals surface area (Å²) >= 11 is 0. The first-order valence-corrected chi connectivity index (χ1v) is 11.0. The first-order chi connectivity index (χ1) is 16.0. The summed E-state index contributed by atoms with van der Waals surface area (Å²) in [6.07, 6.45) is 3.29. The Labute approximate surface area is 192 Å². The van der Waals surface area contributed by atoms with Crippen molar-refractivity contribution >= 4 is 23.5 Å². The highest BCUT2D eigenvalue weighted by Crippen LogP contribution is 2.35. The number of nitrogens with zero attached hydrogens (tertiary/aromatic N) is 3. The highest BCUT2D eigenvalue weighted by molar-refractivity contribution is 5.95.